The van der Waals surface area contributed by atoms with Gasteiger partial charge in [-0.2, -0.15) is 0 Å². The first-order valence-electron chi connectivity index (χ1n) is 7.44. The Kier molecular flexibility index (Phi) is 6.21. The van der Waals surface area contributed by atoms with Crippen LogP contribution in [-0.2, 0) is 14.3 Å². The number of carbonyl (C=O) groups excluding carboxylic acids is 2. The Labute approximate surface area is 145 Å². The first-order valence-corrected chi connectivity index (χ1v) is 7.82. The van der Waals surface area contributed by atoms with Gasteiger partial charge in [0, 0.05) is 10.7 Å². The van der Waals surface area contributed by atoms with Gasteiger partial charge in [0.1, 0.15) is 5.75 Å². The zero-order valence-corrected chi connectivity index (χ0v) is 14.1. The molecule has 0 saturated carbocycles. The van der Waals surface area contributed by atoms with Gasteiger partial charge < -0.3 is 14.8 Å². The largest absolute Gasteiger partial charge is 0.479 e. The molecule has 0 radical (unpaired) electrons. The van der Waals surface area contributed by atoms with Crippen LogP contribution in [0.1, 0.15) is 13.8 Å². The van der Waals surface area contributed by atoms with Crippen LogP contribution in [0.3, 0.4) is 0 Å². The molecule has 24 heavy (non-hydrogen) atoms. The van der Waals surface area contributed by atoms with Crippen LogP contribution in [0, 0.1) is 0 Å². The molecule has 126 valence electrons. The average Bonchev–Trinajstić information content (AvgIpc) is 2.57. The first kappa shape index (κ1) is 17.8. The third kappa shape index (κ3) is 5.28. The molecular weight excluding hydrogens is 330 g/mol. The monoisotopic (exact) mass is 347 g/mol. The molecule has 5 nitrogen and oxygen atoms in total. The van der Waals surface area contributed by atoms with E-state index in [9.17, 15) is 9.59 Å². The molecule has 0 spiro atoms. The molecule has 2 aromatic carbocycles. The maximum atomic E-state index is 12.1. The van der Waals surface area contributed by atoms with Gasteiger partial charge in [-0.1, -0.05) is 29.8 Å². The maximum Gasteiger partial charge on any atom is 0.347 e. The van der Waals surface area contributed by atoms with Gasteiger partial charge in [-0.3, -0.25) is 4.79 Å². The van der Waals surface area contributed by atoms with Gasteiger partial charge in [0.15, 0.2) is 12.2 Å². The summed E-state index contributed by atoms with van der Waals surface area (Å²) in [5, 5.41) is 3.22. The number of carbonyl (C=O) groups is 2. The summed E-state index contributed by atoms with van der Waals surface area (Å²) in [6.07, 6.45) is -1.77. The summed E-state index contributed by atoms with van der Waals surface area (Å²) >= 11 is 5.78. The van der Waals surface area contributed by atoms with Crippen molar-refractivity contribution < 1.29 is 19.1 Å². The van der Waals surface area contributed by atoms with E-state index < -0.39 is 24.1 Å². The van der Waals surface area contributed by atoms with E-state index in [1.165, 1.54) is 6.92 Å². The number of hydrogen-bond acceptors (Lipinski definition) is 4. The van der Waals surface area contributed by atoms with Crippen molar-refractivity contribution >= 4 is 29.2 Å². The Hall–Kier alpha value is -2.53. The minimum Gasteiger partial charge on any atom is -0.479 e. The van der Waals surface area contributed by atoms with Crippen molar-refractivity contribution in [3.8, 4) is 5.75 Å². The van der Waals surface area contributed by atoms with Crippen molar-refractivity contribution in [3.05, 3.63) is 59.6 Å². The van der Waals surface area contributed by atoms with Crippen LogP contribution < -0.4 is 10.1 Å². The summed E-state index contributed by atoms with van der Waals surface area (Å²) in [4.78, 5) is 24.1. The molecule has 0 heterocycles. The molecule has 0 aliphatic heterocycles. The van der Waals surface area contributed by atoms with Crippen molar-refractivity contribution in [1.29, 1.82) is 0 Å². The second kappa shape index (κ2) is 8.36. The van der Waals surface area contributed by atoms with Crippen LogP contribution in [0.5, 0.6) is 5.75 Å². The van der Waals surface area contributed by atoms with Crippen LogP contribution >= 0.6 is 11.6 Å². The van der Waals surface area contributed by atoms with Crippen molar-refractivity contribution in [3.63, 3.8) is 0 Å². The zero-order chi connectivity index (χ0) is 17.5. The third-order valence-corrected chi connectivity index (χ3v) is 3.41. The van der Waals surface area contributed by atoms with E-state index >= 15 is 0 Å². The lowest BCUT2D eigenvalue weighted by Crippen LogP contribution is -2.35. The summed E-state index contributed by atoms with van der Waals surface area (Å²) in [5.41, 5.74) is 0.570. The van der Waals surface area contributed by atoms with E-state index in [0.29, 0.717) is 16.5 Å². The van der Waals surface area contributed by atoms with E-state index in [0.717, 1.165) is 0 Å². The highest BCUT2D eigenvalue weighted by molar-refractivity contribution is 6.30. The summed E-state index contributed by atoms with van der Waals surface area (Å²) in [5.74, 6) is -0.490. The quantitative estimate of drug-likeness (QED) is 0.810. The van der Waals surface area contributed by atoms with Crippen LogP contribution in [0.15, 0.2) is 54.6 Å². The molecule has 6 heteroatoms. The summed E-state index contributed by atoms with van der Waals surface area (Å²) in [6, 6.07) is 15.6. The molecule has 0 fully saturated rings. The Morgan fingerprint density at radius 2 is 1.58 bits per heavy atom. The lowest BCUT2D eigenvalue weighted by molar-refractivity contribution is -0.159. The highest BCUT2D eigenvalue weighted by atomic mass is 35.5. The van der Waals surface area contributed by atoms with Gasteiger partial charge >= 0.3 is 5.97 Å². The molecule has 1 N–H and O–H groups in total. The molecule has 2 atom stereocenters. The van der Waals surface area contributed by atoms with Gasteiger partial charge in [-0.15, -0.1) is 0 Å². The molecule has 0 saturated heterocycles. The van der Waals surface area contributed by atoms with E-state index in [2.05, 4.69) is 5.32 Å². The molecule has 2 rings (SSSR count). The van der Waals surface area contributed by atoms with Crippen LogP contribution in [0.4, 0.5) is 5.69 Å². The predicted octanol–water partition coefficient (Wildman–Crippen LogP) is 3.68. The minimum atomic E-state index is -0.949. The first-order chi connectivity index (χ1) is 11.5. The SMILES string of the molecule is CC(OC(=O)C(C)Oc1ccccc1)C(=O)Nc1ccc(Cl)cc1. The second-order valence-electron chi connectivity index (χ2n) is 5.15. The molecule has 0 aliphatic rings. The minimum absolute atomic E-state index is 0.433. The molecule has 0 aromatic heterocycles. The number of halogens is 1. The molecule has 0 aliphatic carbocycles. The number of esters is 1. The van der Waals surface area contributed by atoms with Gasteiger partial charge in [0.05, 0.1) is 0 Å². The van der Waals surface area contributed by atoms with Crippen molar-refractivity contribution in [2.45, 2.75) is 26.1 Å². The number of rotatable bonds is 6. The van der Waals surface area contributed by atoms with Crippen LogP contribution in [-0.4, -0.2) is 24.1 Å². The van der Waals surface area contributed by atoms with Crippen molar-refractivity contribution in [2.75, 3.05) is 5.32 Å². The van der Waals surface area contributed by atoms with Gasteiger partial charge in [0.25, 0.3) is 5.91 Å². The van der Waals surface area contributed by atoms with Crippen LogP contribution in [0.25, 0.3) is 0 Å². The smallest absolute Gasteiger partial charge is 0.347 e. The second-order valence-corrected chi connectivity index (χ2v) is 5.58. The average molecular weight is 348 g/mol. The number of benzene rings is 2. The Morgan fingerprint density at radius 1 is 0.958 bits per heavy atom. The lowest BCUT2D eigenvalue weighted by Gasteiger charge is -2.17. The van der Waals surface area contributed by atoms with Crippen LogP contribution in [0.2, 0.25) is 5.02 Å². The molecule has 2 aromatic rings. The fourth-order valence-electron chi connectivity index (χ4n) is 1.85. The Morgan fingerprint density at radius 3 is 2.21 bits per heavy atom. The zero-order valence-electron chi connectivity index (χ0n) is 13.4. The lowest BCUT2D eigenvalue weighted by atomic mass is 10.3. The standard InChI is InChI=1S/C18H18ClNO4/c1-12(17(21)20-15-10-8-14(19)9-11-15)24-18(22)13(2)23-16-6-4-3-5-7-16/h3-13H,1-2H3,(H,20,21). The summed E-state index contributed by atoms with van der Waals surface area (Å²) < 4.78 is 10.6. The van der Waals surface area contributed by atoms with E-state index in [1.54, 1.807) is 55.5 Å². The number of hydrogen-bond donors (Lipinski definition) is 1. The van der Waals surface area contributed by atoms with E-state index in [4.69, 9.17) is 21.1 Å². The van der Waals surface area contributed by atoms with Crippen molar-refractivity contribution in [2.24, 2.45) is 0 Å². The molecule has 0 bridgehead atoms. The normalized spacial score (nSPS) is 12.8. The highest BCUT2D eigenvalue weighted by Crippen LogP contribution is 2.15. The van der Waals surface area contributed by atoms with Crippen molar-refractivity contribution in [1.82, 2.24) is 0 Å². The number of nitrogens with one attached hydrogen (secondary N) is 1. The van der Waals surface area contributed by atoms with Gasteiger partial charge in [-0.05, 0) is 50.2 Å². The summed E-state index contributed by atoms with van der Waals surface area (Å²) in [6.45, 7) is 3.07. The van der Waals surface area contributed by atoms with E-state index in [-0.39, 0.29) is 0 Å². The Balaban J connectivity index is 1.85. The van der Waals surface area contributed by atoms with Gasteiger partial charge in [-0.25, -0.2) is 4.79 Å². The number of ether oxygens (including phenoxy) is 2. The van der Waals surface area contributed by atoms with E-state index in [1.807, 2.05) is 6.07 Å². The fourth-order valence-corrected chi connectivity index (χ4v) is 1.98. The number of para-hydroxylation sites is 1. The number of amides is 1. The molecule has 1 amide bonds. The maximum absolute atomic E-state index is 12.1. The summed E-state index contributed by atoms with van der Waals surface area (Å²) in [7, 11) is 0. The highest BCUT2D eigenvalue weighted by Gasteiger charge is 2.23. The molecular formula is C18H18ClNO4. The van der Waals surface area contributed by atoms with Gasteiger partial charge in [0.2, 0.25) is 0 Å². The topological polar surface area (TPSA) is 64.6 Å². The Bertz CT molecular complexity index is 688. The third-order valence-electron chi connectivity index (χ3n) is 3.16. The fraction of sp³-hybridized carbons (Fsp3) is 0.222. The number of anilines is 1. The predicted molar refractivity (Wildman–Crippen MR) is 92.2 cm³/mol. The molecule has 2 unspecified atom stereocenters.